The van der Waals surface area contributed by atoms with Crippen LogP contribution in [0.25, 0.3) is 0 Å². The van der Waals surface area contributed by atoms with Crippen LogP contribution in [0.2, 0.25) is 0 Å². The van der Waals surface area contributed by atoms with Gasteiger partial charge >= 0.3 is 0 Å². The summed E-state index contributed by atoms with van der Waals surface area (Å²) in [5.74, 6) is -1.19. The summed E-state index contributed by atoms with van der Waals surface area (Å²) in [7, 11) is 0. The van der Waals surface area contributed by atoms with Crippen molar-refractivity contribution in [3.8, 4) is 0 Å². The van der Waals surface area contributed by atoms with Crippen LogP contribution >= 0.6 is 0 Å². The molecule has 0 spiro atoms. The molecule has 2 aliphatic rings. The highest BCUT2D eigenvalue weighted by Gasteiger charge is 2.38. The monoisotopic (exact) mass is 232 g/mol. The minimum atomic E-state index is -1.10. The van der Waals surface area contributed by atoms with Gasteiger partial charge in [-0.25, -0.2) is 8.78 Å². The van der Waals surface area contributed by atoms with Crippen LogP contribution < -0.4 is 5.73 Å². The van der Waals surface area contributed by atoms with Gasteiger partial charge in [-0.05, 0) is 19.3 Å². The molecule has 2 N–H and O–H groups in total. The molecule has 4 atom stereocenters. The second-order valence-corrected chi connectivity index (χ2v) is 4.32. The van der Waals surface area contributed by atoms with Gasteiger partial charge in [0.15, 0.2) is 0 Å². The lowest BCUT2D eigenvalue weighted by atomic mass is 9.82. The van der Waals surface area contributed by atoms with Gasteiger partial charge in [0, 0.05) is 12.3 Å². The molecule has 0 aromatic heterocycles. The SMILES string of the molecule is NC(=O)C1CC(C2CC(F)CCC2F)=NO1. The summed E-state index contributed by atoms with van der Waals surface area (Å²) in [6, 6.07) is 0. The zero-order valence-electron chi connectivity index (χ0n) is 8.73. The molecule has 16 heavy (non-hydrogen) atoms. The summed E-state index contributed by atoms with van der Waals surface area (Å²) in [6.07, 6.45) is -2.14. The molecule has 4 unspecified atom stereocenters. The van der Waals surface area contributed by atoms with Crippen molar-refractivity contribution in [2.75, 3.05) is 0 Å². The second-order valence-electron chi connectivity index (χ2n) is 4.32. The Kier molecular flexibility index (Phi) is 3.07. The molecule has 1 aliphatic heterocycles. The third-order valence-electron chi connectivity index (χ3n) is 3.14. The Bertz CT molecular complexity index is 322. The zero-order valence-corrected chi connectivity index (χ0v) is 8.73. The van der Waals surface area contributed by atoms with Crippen molar-refractivity contribution in [1.82, 2.24) is 0 Å². The number of nitrogens with zero attached hydrogens (tertiary/aromatic N) is 1. The molecule has 1 amide bonds. The van der Waals surface area contributed by atoms with Crippen molar-refractivity contribution in [1.29, 1.82) is 0 Å². The van der Waals surface area contributed by atoms with E-state index in [-0.39, 0.29) is 25.7 Å². The Morgan fingerprint density at radius 3 is 2.81 bits per heavy atom. The fraction of sp³-hybridized carbons (Fsp3) is 0.800. The van der Waals surface area contributed by atoms with E-state index in [2.05, 4.69) is 5.16 Å². The fourth-order valence-corrected chi connectivity index (χ4v) is 2.19. The van der Waals surface area contributed by atoms with Gasteiger partial charge in [0.1, 0.15) is 12.3 Å². The standard InChI is InChI=1S/C10H14F2N2O2/c11-5-1-2-7(12)6(3-5)8-4-9(10(13)15)16-14-8/h5-7,9H,1-4H2,(H2,13,15). The molecule has 0 radical (unpaired) electrons. The van der Waals surface area contributed by atoms with Crippen LogP contribution in [0.1, 0.15) is 25.7 Å². The number of hydrogen-bond donors (Lipinski definition) is 1. The largest absolute Gasteiger partial charge is 0.382 e. The Morgan fingerprint density at radius 1 is 1.44 bits per heavy atom. The normalized spacial score (nSPS) is 39.0. The Morgan fingerprint density at radius 2 is 2.19 bits per heavy atom. The molecule has 0 aromatic rings. The van der Waals surface area contributed by atoms with Gasteiger partial charge in [-0.1, -0.05) is 5.16 Å². The maximum atomic E-state index is 13.6. The Labute approximate surface area is 91.8 Å². The summed E-state index contributed by atoms with van der Waals surface area (Å²) >= 11 is 0. The molecule has 1 aliphatic carbocycles. The predicted octanol–water partition coefficient (Wildman–Crippen LogP) is 1.09. The first-order chi connectivity index (χ1) is 7.58. The number of rotatable bonds is 2. The number of halogens is 2. The van der Waals surface area contributed by atoms with Crippen LogP contribution in [-0.2, 0) is 9.63 Å². The fourth-order valence-electron chi connectivity index (χ4n) is 2.19. The third kappa shape index (κ3) is 2.15. The van der Waals surface area contributed by atoms with E-state index in [4.69, 9.17) is 10.6 Å². The van der Waals surface area contributed by atoms with Crippen LogP contribution in [0, 0.1) is 5.92 Å². The number of primary amides is 1. The molecule has 6 heteroatoms. The second kappa shape index (κ2) is 4.35. The van der Waals surface area contributed by atoms with Crippen LogP contribution in [-0.4, -0.2) is 30.1 Å². The van der Waals surface area contributed by atoms with Gasteiger partial charge in [-0.15, -0.1) is 0 Å². The van der Waals surface area contributed by atoms with Gasteiger partial charge in [-0.3, -0.25) is 4.79 Å². The molecule has 0 aromatic carbocycles. The number of amides is 1. The lowest BCUT2D eigenvalue weighted by Crippen LogP contribution is -2.35. The smallest absolute Gasteiger partial charge is 0.261 e. The van der Waals surface area contributed by atoms with E-state index in [0.29, 0.717) is 5.71 Å². The third-order valence-corrected chi connectivity index (χ3v) is 3.14. The number of nitrogens with two attached hydrogens (primary N) is 1. The Balaban J connectivity index is 2.00. The number of carbonyl (C=O) groups excluding carboxylic acids is 1. The number of oxime groups is 1. The quantitative estimate of drug-likeness (QED) is 0.774. The van der Waals surface area contributed by atoms with E-state index in [1.807, 2.05) is 0 Å². The molecule has 0 bridgehead atoms. The van der Waals surface area contributed by atoms with Crippen molar-refractivity contribution in [2.24, 2.45) is 16.8 Å². The van der Waals surface area contributed by atoms with E-state index in [1.54, 1.807) is 0 Å². The molecular formula is C10H14F2N2O2. The molecule has 4 nitrogen and oxygen atoms in total. The molecule has 0 saturated heterocycles. The van der Waals surface area contributed by atoms with E-state index >= 15 is 0 Å². The summed E-state index contributed by atoms with van der Waals surface area (Å²) < 4.78 is 26.7. The molecule has 2 rings (SSSR count). The first-order valence-electron chi connectivity index (χ1n) is 5.38. The average molecular weight is 232 g/mol. The Hall–Kier alpha value is -1.20. The van der Waals surface area contributed by atoms with Crippen molar-refractivity contribution in [3.63, 3.8) is 0 Å². The van der Waals surface area contributed by atoms with Gasteiger partial charge < -0.3 is 10.6 Å². The summed E-state index contributed by atoms with van der Waals surface area (Å²) in [4.78, 5) is 15.6. The van der Waals surface area contributed by atoms with Crippen molar-refractivity contribution >= 4 is 11.6 Å². The summed E-state index contributed by atoms with van der Waals surface area (Å²) in [6.45, 7) is 0. The van der Waals surface area contributed by atoms with Gasteiger partial charge in [-0.2, -0.15) is 0 Å². The number of hydrogen-bond acceptors (Lipinski definition) is 3. The van der Waals surface area contributed by atoms with Crippen LogP contribution in [0.3, 0.4) is 0 Å². The van der Waals surface area contributed by atoms with Crippen LogP contribution in [0.15, 0.2) is 5.16 Å². The van der Waals surface area contributed by atoms with Crippen molar-refractivity contribution in [2.45, 2.75) is 44.1 Å². The topological polar surface area (TPSA) is 64.7 Å². The summed E-state index contributed by atoms with van der Waals surface area (Å²) in [5.41, 5.74) is 5.48. The van der Waals surface area contributed by atoms with Gasteiger partial charge in [0.25, 0.3) is 5.91 Å². The van der Waals surface area contributed by atoms with E-state index in [9.17, 15) is 13.6 Å². The first-order valence-corrected chi connectivity index (χ1v) is 5.38. The van der Waals surface area contributed by atoms with Crippen molar-refractivity contribution in [3.05, 3.63) is 0 Å². The maximum absolute atomic E-state index is 13.6. The molecular weight excluding hydrogens is 218 g/mol. The highest BCUT2D eigenvalue weighted by atomic mass is 19.1. The first kappa shape index (κ1) is 11.3. The highest BCUT2D eigenvalue weighted by molar-refractivity contribution is 5.94. The molecule has 1 fully saturated rings. The predicted molar refractivity (Wildman–Crippen MR) is 53.3 cm³/mol. The van der Waals surface area contributed by atoms with Crippen LogP contribution in [0.4, 0.5) is 8.78 Å². The maximum Gasteiger partial charge on any atom is 0.261 e. The zero-order chi connectivity index (χ0) is 11.7. The average Bonchev–Trinajstić information content (AvgIpc) is 2.70. The van der Waals surface area contributed by atoms with Gasteiger partial charge in [0.2, 0.25) is 6.10 Å². The van der Waals surface area contributed by atoms with Crippen molar-refractivity contribution < 1.29 is 18.4 Å². The lowest BCUT2D eigenvalue weighted by Gasteiger charge is -2.27. The van der Waals surface area contributed by atoms with E-state index in [0.717, 1.165) is 0 Å². The van der Waals surface area contributed by atoms with Gasteiger partial charge in [0.05, 0.1) is 5.71 Å². The molecule has 1 heterocycles. The lowest BCUT2D eigenvalue weighted by molar-refractivity contribution is -0.127. The minimum absolute atomic E-state index is 0.120. The van der Waals surface area contributed by atoms with E-state index in [1.165, 1.54) is 0 Å². The van der Waals surface area contributed by atoms with Crippen LogP contribution in [0.5, 0.6) is 0 Å². The molecule has 1 saturated carbocycles. The molecule has 90 valence electrons. The number of carbonyl (C=O) groups is 1. The number of alkyl halides is 2. The highest BCUT2D eigenvalue weighted by Crippen LogP contribution is 2.33. The van der Waals surface area contributed by atoms with E-state index < -0.39 is 30.3 Å². The minimum Gasteiger partial charge on any atom is -0.382 e. The summed E-state index contributed by atoms with van der Waals surface area (Å²) in [5, 5.41) is 3.66.